The van der Waals surface area contributed by atoms with Gasteiger partial charge in [0.25, 0.3) is 0 Å². The van der Waals surface area contributed by atoms with Crippen molar-refractivity contribution in [3.63, 3.8) is 0 Å². The second kappa shape index (κ2) is 9.05. The molecule has 1 saturated heterocycles. The molecule has 7 heteroatoms. The van der Waals surface area contributed by atoms with Gasteiger partial charge in [-0.15, -0.1) is 0 Å². The number of rotatable bonds is 7. The number of hydrogen-bond donors (Lipinski definition) is 1. The van der Waals surface area contributed by atoms with Gasteiger partial charge in [-0.05, 0) is 51.3 Å². The van der Waals surface area contributed by atoms with Gasteiger partial charge in [0.1, 0.15) is 11.6 Å². The van der Waals surface area contributed by atoms with Crippen molar-refractivity contribution in [1.82, 2.24) is 19.6 Å². The van der Waals surface area contributed by atoms with Crippen LogP contribution in [-0.2, 0) is 11.3 Å². The first-order chi connectivity index (χ1) is 14.1. The predicted octanol–water partition coefficient (Wildman–Crippen LogP) is 3.14. The van der Waals surface area contributed by atoms with E-state index in [-0.39, 0.29) is 11.7 Å². The summed E-state index contributed by atoms with van der Waals surface area (Å²) in [5.74, 6) is 1.31. The fraction of sp³-hybridized carbons (Fsp3) is 0.545. The smallest absolute Gasteiger partial charge is 0.239 e. The minimum atomic E-state index is -0.148. The minimum absolute atomic E-state index is 0.00250. The molecule has 0 radical (unpaired) electrons. The Labute approximate surface area is 171 Å². The second-order valence-corrected chi connectivity index (χ2v) is 8.28. The summed E-state index contributed by atoms with van der Waals surface area (Å²) >= 11 is 0. The lowest BCUT2D eigenvalue weighted by Gasteiger charge is -2.22. The first kappa shape index (κ1) is 20.0. The SMILES string of the molecule is CC(C1CC1)n1nccc1NC(=O)CN1CCCN(Cc2ccccc2F)CC1. The molecule has 1 N–H and O–H groups in total. The van der Waals surface area contributed by atoms with Crippen molar-refractivity contribution in [2.24, 2.45) is 5.92 Å². The van der Waals surface area contributed by atoms with Gasteiger partial charge in [0, 0.05) is 31.3 Å². The maximum atomic E-state index is 13.9. The highest BCUT2D eigenvalue weighted by molar-refractivity contribution is 5.91. The Kier molecular flexibility index (Phi) is 6.25. The van der Waals surface area contributed by atoms with Crippen molar-refractivity contribution in [3.8, 4) is 0 Å². The predicted molar refractivity (Wildman–Crippen MR) is 111 cm³/mol. The summed E-state index contributed by atoms with van der Waals surface area (Å²) in [5.41, 5.74) is 0.733. The zero-order valence-electron chi connectivity index (χ0n) is 17.1. The molecule has 1 amide bonds. The van der Waals surface area contributed by atoms with Crippen molar-refractivity contribution in [1.29, 1.82) is 0 Å². The van der Waals surface area contributed by atoms with E-state index in [1.165, 1.54) is 18.9 Å². The highest BCUT2D eigenvalue weighted by Crippen LogP contribution is 2.40. The molecule has 1 unspecified atom stereocenters. The normalized spacial score (nSPS) is 19.7. The first-order valence-electron chi connectivity index (χ1n) is 10.6. The van der Waals surface area contributed by atoms with Crippen LogP contribution >= 0.6 is 0 Å². The van der Waals surface area contributed by atoms with Gasteiger partial charge in [0.05, 0.1) is 18.8 Å². The van der Waals surface area contributed by atoms with Crippen LogP contribution in [0.15, 0.2) is 36.5 Å². The van der Waals surface area contributed by atoms with E-state index in [9.17, 15) is 9.18 Å². The largest absolute Gasteiger partial charge is 0.310 e. The van der Waals surface area contributed by atoms with Crippen LogP contribution in [0, 0.1) is 11.7 Å². The Bertz CT molecular complexity index is 834. The Morgan fingerprint density at radius 2 is 1.93 bits per heavy atom. The van der Waals surface area contributed by atoms with Crippen LogP contribution in [0.4, 0.5) is 10.2 Å². The lowest BCUT2D eigenvalue weighted by Crippen LogP contribution is -2.36. The van der Waals surface area contributed by atoms with Crippen LogP contribution in [0.1, 0.15) is 37.8 Å². The highest BCUT2D eigenvalue weighted by atomic mass is 19.1. The second-order valence-electron chi connectivity index (χ2n) is 8.28. The maximum absolute atomic E-state index is 13.9. The summed E-state index contributed by atoms with van der Waals surface area (Å²) in [6.07, 6.45) is 5.20. The molecule has 156 valence electrons. The van der Waals surface area contributed by atoms with E-state index < -0.39 is 0 Å². The average molecular weight is 400 g/mol. The molecular weight excluding hydrogens is 369 g/mol. The molecular formula is C22H30FN5O. The number of aromatic nitrogens is 2. The fourth-order valence-corrected chi connectivity index (χ4v) is 4.11. The Morgan fingerprint density at radius 3 is 2.72 bits per heavy atom. The Hall–Kier alpha value is -2.25. The van der Waals surface area contributed by atoms with Crippen LogP contribution in [0.5, 0.6) is 0 Å². The molecule has 29 heavy (non-hydrogen) atoms. The summed E-state index contributed by atoms with van der Waals surface area (Å²) < 4.78 is 15.9. The molecule has 2 aliphatic rings. The fourth-order valence-electron chi connectivity index (χ4n) is 4.11. The molecule has 0 bridgehead atoms. The van der Waals surface area contributed by atoms with E-state index in [0.29, 0.717) is 25.0 Å². The van der Waals surface area contributed by atoms with E-state index in [2.05, 4.69) is 27.1 Å². The summed E-state index contributed by atoms with van der Waals surface area (Å²) in [6, 6.07) is 9.15. The van der Waals surface area contributed by atoms with Crippen molar-refractivity contribution in [3.05, 3.63) is 47.9 Å². The van der Waals surface area contributed by atoms with Gasteiger partial charge in [-0.3, -0.25) is 14.6 Å². The van der Waals surface area contributed by atoms with Gasteiger partial charge in [-0.1, -0.05) is 18.2 Å². The number of carbonyl (C=O) groups excluding carboxylic acids is 1. The highest BCUT2D eigenvalue weighted by Gasteiger charge is 2.31. The monoisotopic (exact) mass is 399 g/mol. The molecule has 2 heterocycles. The topological polar surface area (TPSA) is 53.4 Å². The molecule has 4 rings (SSSR count). The number of anilines is 1. The van der Waals surface area contributed by atoms with Gasteiger partial charge in [-0.25, -0.2) is 9.07 Å². The molecule has 1 saturated carbocycles. The van der Waals surface area contributed by atoms with Gasteiger partial charge in [0.2, 0.25) is 5.91 Å². The lowest BCUT2D eigenvalue weighted by molar-refractivity contribution is -0.117. The molecule has 1 aromatic carbocycles. The number of amides is 1. The van der Waals surface area contributed by atoms with Gasteiger partial charge >= 0.3 is 0 Å². The number of benzene rings is 1. The number of carbonyl (C=O) groups is 1. The van der Waals surface area contributed by atoms with Crippen molar-refractivity contribution >= 4 is 11.7 Å². The number of halogens is 1. The van der Waals surface area contributed by atoms with E-state index in [4.69, 9.17) is 0 Å². The maximum Gasteiger partial charge on any atom is 0.239 e. The van der Waals surface area contributed by atoms with E-state index >= 15 is 0 Å². The van der Waals surface area contributed by atoms with Crippen molar-refractivity contribution in [2.75, 3.05) is 38.0 Å². The molecule has 6 nitrogen and oxygen atoms in total. The average Bonchev–Trinajstić information content (AvgIpc) is 3.49. The molecule has 1 aromatic heterocycles. The van der Waals surface area contributed by atoms with Crippen molar-refractivity contribution in [2.45, 2.75) is 38.8 Å². The third kappa shape index (κ3) is 5.22. The van der Waals surface area contributed by atoms with Crippen LogP contribution < -0.4 is 5.32 Å². The van der Waals surface area contributed by atoms with E-state index in [1.807, 2.05) is 22.9 Å². The van der Waals surface area contributed by atoms with Crippen LogP contribution in [0.3, 0.4) is 0 Å². The van der Waals surface area contributed by atoms with Crippen LogP contribution in [-0.4, -0.2) is 58.2 Å². The first-order valence-corrected chi connectivity index (χ1v) is 10.6. The summed E-state index contributed by atoms with van der Waals surface area (Å²) in [4.78, 5) is 17.1. The van der Waals surface area contributed by atoms with Crippen LogP contribution in [0.25, 0.3) is 0 Å². The number of hydrogen-bond acceptors (Lipinski definition) is 4. The summed E-state index contributed by atoms with van der Waals surface area (Å²) in [6.45, 7) is 6.58. The van der Waals surface area contributed by atoms with E-state index in [0.717, 1.165) is 44.0 Å². The zero-order valence-corrected chi connectivity index (χ0v) is 17.1. The third-order valence-corrected chi connectivity index (χ3v) is 6.03. The Balaban J connectivity index is 1.27. The molecule has 1 atom stereocenters. The number of nitrogens with zero attached hydrogens (tertiary/aromatic N) is 4. The summed E-state index contributed by atoms with van der Waals surface area (Å²) in [7, 11) is 0. The molecule has 2 aromatic rings. The van der Waals surface area contributed by atoms with Crippen LogP contribution in [0.2, 0.25) is 0 Å². The third-order valence-electron chi connectivity index (χ3n) is 6.03. The molecule has 2 fully saturated rings. The summed E-state index contributed by atoms with van der Waals surface area (Å²) in [5, 5.41) is 7.44. The molecule has 1 aliphatic carbocycles. The van der Waals surface area contributed by atoms with E-state index in [1.54, 1.807) is 12.3 Å². The number of nitrogens with one attached hydrogen (secondary N) is 1. The van der Waals surface area contributed by atoms with Gasteiger partial charge in [0.15, 0.2) is 0 Å². The van der Waals surface area contributed by atoms with Crippen molar-refractivity contribution < 1.29 is 9.18 Å². The lowest BCUT2D eigenvalue weighted by atomic mass is 10.2. The van der Waals surface area contributed by atoms with Gasteiger partial charge in [-0.2, -0.15) is 5.10 Å². The van der Waals surface area contributed by atoms with Gasteiger partial charge < -0.3 is 5.32 Å². The zero-order chi connectivity index (χ0) is 20.2. The molecule has 1 aliphatic heterocycles. The molecule has 0 spiro atoms. The standard InChI is InChI=1S/C22H30FN5O/c1-17(18-7-8-18)28-21(9-10-24-28)25-22(29)16-27-12-4-11-26(13-14-27)15-19-5-2-3-6-20(19)23/h2-3,5-6,9-10,17-18H,4,7-8,11-16H2,1H3,(H,25,29). The minimum Gasteiger partial charge on any atom is -0.310 e. The quantitative estimate of drug-likeness (QED) is 0.777. The Morgan fingerprint density at radius 1 is 1.17 bits per heavy atom.